The van der Waals surface area contributed by atoms with Gasteiger partial charge in [-0.15, -0.1) is 0 Å². The van der Waals surface area contributed by atoms with Crippen LogP contribution in [-0.2, 0) is 0 Å². The summed E-state index contributed by atoms with van der Waals surface area (Å²) < 4.78 is 5.78. The summed E-state index contributed by atoms with van der Waals surface area (Å²) in [7, 11) is 1.89. The summed E-state index contributed by atoms with van der Waals surface area (Å²) in [5.41, 5.74) is 10.3. The molecule has 0 fully saturated rings. The topological polar surface area (TPSA) is 67.5 Å². The van der Waals surface area contributed by atoms with E-state index in [-0.39, 0.29) is 6.04 Å². The zero-order valence-electron chi connectivity index (χ0n) is 14.0. The molecule has 1 aromatic rings. The maximum atomic E-state index is 10.6. The Labute approximate surface area is 128 Å². The Balaban J connectivity index is 3.05. The van der Waals surface area contributed by atoms with E-state index < -0.39 is 6.10 Å². The average molecular weight is 294 g/mol. The summed E-state index contributed by atoms with van der Waals surface area (Å²) >= 11 is 0. The van der Waals surface area contributed by atoms with Crippen molar-refractivity contribution in [1.29, 1.82) is 0 Å². The number of benzene rings is 1. The van der Waals surface area contributed by atoms with Crippen molar-refractivity contribution >= 4 is 0 Å². The molecule has 0 aromatic heterocycles. The molecule has 0 bridgehead atoms. The Hall–Kier alpha value is -1.10. The molecule has 2 atom stereocenters. The van der Waals surface area contributed by atoms with Gasteiger partial charge in [-0.25, -0.2) is 0 Å². The van der Waals surface area contributed by atoms with Crippen molar-refractivity contribution in [3.8, 4) is 5.75 Å². The number of hydrogen-bond acceptors (Lipinski definition) is 4. The van der Waals surface area contributed by atoms with Crippen molar-refractivity contribution in [2.75, 3.05) is 20.2 Å². The zero-order chi connectivity index (χ0) is 16.0. The summed E-state index contributed by atoms with van der Waals surface area (Å²) in [6, 6.07) is 1.75. The molecular weight excluding hydrogens is 264 g/mol. The van der Waals surface area contributed by atoms with E-state index in [1.54, 1.807) is 0 Å². The third-order valence-electron chi connectivity index (χ3n) is 4.00. The number of aliphatic hydroxyl groups excluding tert-OH is 1. The Morgan fingerprint density at radius 3 is 2.52 bits per heavy atom. The summed E-state index contributed by atoms with van der Waals surface area (Å²) in [5, 5.41) is 13.6. The summed E-state index contributed by atoms with van der Waals surface area (Å²) in [6.45, 7) is 9.68. The lowest BCUT2D eigenvalue weighted by Crippen LogP contribution is -2.32. The Morgan fingerprint density at radius 2 is 1.95 bits per heavy atom. The predicted molar refractivity (Wildman–Crippen MR) is 87.9 cm³/mol. The highest BCUT2D eigenvalue weighted by atomic mass is 16.5. The molecule has 4 N–H and O–H groups in total. The van der Waals surface area contributed by atoms with E-state index in [1.807, 2.05) is 33.9 Å². The molecule has 0 saturated carbocycles. The third kappa shape index (κ3) is 4.43. The molecule has 0 spiro atoms. The van der Waals surface area contributed by atoms with Crippen molar-refractivity contribution < 1.29 is 9.84 Å². The number of hydrogen-bond donors (Lipinski definition) is 3. The molecule has 1 rings (SSSR count). The number of rotatable bonds is 8. The van der Waals surface area contributed by atoms with Crippen LogP contribution >= 0.6 is 0 Å². The Morgan fingerprint density at radius 1 is 1.29 bits per heavy atom. The summed E-state index contributed by atoms with van der Waals surface area (Å²) in [6.07, 6.45) is 1.08. The van der Waals surface area contributed by atoms with Gasteiger partial charge in [-0.2, -0.15) is 0 Å². The van der Waals surface area contributed by atoms with E-state index in [9.17, 15) is 5.11 Å². The van der Waals surface area contributed by atoms with E-state index in [2.05, 4.69) is 12.2 Å². The van der Waals surface area contributed by atoms with Gasteiger partial charge in [0, 0.05) is 6.04 Å². The molecule has 120 valence electrons. The van der Waals surface area contributed by atoms with E-state index >= 15 is 0 Å². The molecule has 4 heteroatoms. The average Bonchev–Trinajstić information content (AvgIpc) is 2.46. The second-order valence-corrected chi connectivity index (χ2v) is 5.70. The van der Waals surface area contributed by atoms with Crippen molar-refractivity contribution in [3.05, 3.63) is 28.3 Å². The fourth-order valence-electron chi connectivity index (χ4n) is 2.57. The first-order valence-corrected chi connectivity index (χ1v) is 7.75. The second kappa shape index (κ2) is 8.37. The van der Waals surface area contributed by atoms with Crippen LogP contribution in [0.3, 0.4) is 0 Å². The zero-order valence-corrected chi connectivity index (χ0v) is 14.0. The quantitative estimate of drug-likeness (QED) is 0.688. The van der Waals surface area contributed by atoms with Gasteiger partial charge in [0.15, 0.2) is 0 Å². The molecule has 0 aliphatic carbocycles. The largest absolute Gasteiger partial charge is 0.493 e. The van der Waals surface area contributed by atoms with Gasteiger partial charge >= 0.3 is 0 Å². The first kappa shape index (κ1) is 18.0. The monoisotopic (exact) mass is 294 g/mol. The minimum Gasteiger partial charge on any atom is -0.493 e. The van der Waals surface area contributed by atoms with E-state index in [1.165, 1.54) is 0 Å². The lowest BCUT2D eigenvalue weighted by molar-refractivity contribution is 0.141. The van der Waals surface area contributed by atoms with Gasteiger partial charge in [-0.05, 0) is 75.5 Å². The van der Waals surface area contributed by atoms with Gasteiger partial charge in [0.1, 0.15) is 5.75 Å². The number of nitrogens with one attached hydrogen (secondary N) is 1. The molecule has 1 aromatic carbocycles. The lowest BCUT2D eigenvalue weighted by atomic mass is 9.89. The van der Waals surface area contributed by atoms with Crippen molar-refractivity contribution in [3.63, 3.8) is 0 Å². The molecule has 21 heavy (non-hydrogen) atoms. The fourth-order valence-corrected chi connectivity index (χ4v) is 2.57. The van der Waals surface area contributed by atoms with E-state index in [0.717, 1.165) is 47.4 Å². The van der Waals surface area contributed by atoms with Gasteiger partial charge < -0.3 is 20.9 Å². The number of ether oxygens (including phenoxy) is 1. The molecule has 0 heterocycles. The van der Waals surface area contributed by atoms with Crippen molar-refractivity contribution in [1.82, 2.24) is 5.32 Å². The minimum absolute atomic E-state index is 0.267. The van der Waals surface area contributed by atoms with Gasteiger partial charge in [0.25, 0.3) is 0 Å². The predicted octanol–water partition coefficient (Wildman–Crippen LogP) is 2.37. The van der Waals surface area contributed by atoms with Gasteiger partial charge in [0.2, 0.25) is 0 Å². The normalized spacial score (nSPS) is 14.0. The van der Waals surface area contributed by atoms with E-state index in [4.69, 9.17) is 10.5 Å². The summed E-state index contributed by atoms with van der Waals surface area (Å²) in [4.78, 5) is 0. The first-order valence-electron chi connectivity index (χ1n) is 7.75. The fraction of sp³-hybridized carbons (Fsp3) is 0.647. The van der Waals surface area contributed by atoms with Gasteiger partial charge in [0.05, 0.1) is 12.7 Å². The molecule has 4 nitrogen and oxygen atoms in total. The first-order chi connectivity index (χ1) is 9.93. The maximum Gasteiger partial charge on any atom is 0.122 e. The van der Waals surface area contributed by atoms with Crippen LogP contribution in [0.15, 0.2) is 6.07 Å². The van der Waals surface area contributed by atoms with Gasteiger partial charge in [-0.3, -0.25) is 0 Å². The molecule has 0 radical (unpaired) electrons. The Kier molecular flexibility index (Phi) is 7.15. The van der Waals surface area contributed by atoms with Crippen LogP contribution < -0.4 is 15.8 Å². The molecule has 0 aliphatic heterocycles. The summed E-state index contributed by atoms with van der Waals surface area (Å²) in [5.74, 6) is 0.909. The SMILES string of the molecule is CCCOc1cc(C)c(C(O)C(N)CCNC)c(C)c1C. The van der Waals surface area contributed by atoms with Crippen LogP contribution in [0.4, 0.5) is 0 Å². The van der Waals surface area contributed by atoms with Crippen LogP contribution in [0.1, 0.15) is 48.1 Å². The van der Waals surface area contributed by atoms with Crippen LogP contribution in [-0.4, -0.2) is 31.3 Å². The molecule has 2 unspecified atom stereocenters. The van der Waals surface area contributed by atoms with Crippen molar-refractivity contribution in [2.45, 2.75) is 52.7 Å². The molecule has 0 amide bonds. The lowest BCUT2D eigenvalue weighted by Gasteiger charge is -2.25. The van der Waals surface area contributed by atoms with Gasteiger partial charge in [-0.1, -0.05) is 6.92 Å². The highest BCUT2D eigenvalue weighted by Crippen LogP contribution is 2.33. The minimum atomic E-state index is -0.641. The molecular formula is C17H30N2O2. The highest BCUT2D eigenvalue weighted by Gasteiger charge is 2.22. The smallest absolute Gasteiger partial charge is 0.122 e. The third-order valence-corrected chi connectivity index (χ3v) is 4.00. The number of aliphatic hydroxyl groups is 1. The van der Waals surface area contributed by atoms with Crippen LogP contribution in [0.5, 0.6) is 5.75 Å². The van der Waals surface area contributed by atoms with Crippen LogP contribution in [0.25, 0.3) is 0 Å². The maximum absolute atomic E-state index is 10.6. The molecule has 0 aliphatic rings. The van der Waals surface area contributed by atoms with Crippen LogP contribution in [0, 0.1) is 20.8 Å². The number of nitrogens with two attached hydrogens (primary N) is 1. The standard InChI is InChI=1S/C17H30N2O2/c1-6-9-21-15-10-11(2)16(13(4)12(15)3)17(20)14(18)7-8-19-5/h10,14,17,19-20H,6-9,18H2,1-5H3. The Bertz CT molecular complexity index is 461. The second-order valence-electron chi connectivity index (χ2n) is 5.70. The van der Waals surface area contributed by atoms with E-state index in [0.29, 0.717) is 6.61 Å². The van der Waals surface area contributed by atoms with Crippen molar-refractivity contribution in [2.24, 2.45) is 5.73 Å². The van der Waals surface area contributed by atoms with Crippen LogP contribution in [0.2, 0.25) is 0 Å². The highest BCUT2D eigenvalue weighted by molar-refractivity contribution is 5.49. The number of aryl methyl sites for hydroxylation is 1. The molecule has 0 saturated heterocycles.